The van der Waals surface area contributed by atoms with Crippen LogP contribution in [0.2, 0.25) is 0 Å². The van der Waals surface area contributed by atoms with Gasteiger partial charge in [-0.05, 0) is 23.8 Å². The number of nitrogens with zero attached hydrogens (tertiary/aromatic N) is 4. The van der Waals surface area contributed by atoms with Gasteiger partial charge in [0.2, 0.25) is 0 Å². The van der Waals surface area contributed by atoms with Gasteiger partial charge in [0.25, 0.3) is 0 Å². The number of nitrogens with one attached hydrogen (secondary N) is 1. The minimum Gasteiger partial charge on any atom is -0.497 e. The molecule has 0 unspecified atom stereocenters. The van der Waals surface area contributed by atoms with Gasteiger partial charge in [0.1, 0.15) is 23.2 Å². The molecular weight excluding hydrogens is 330 g/mol. The molecule has 1 aliphatic rings. The Morgan fingerprint density at radius 2 is 1.88 bits per heavy atom. The predicted octanol–water partition coefficient (Wildman–Crippen LogP) is 2.66. The molecule has 0 atom stereocenters. The van der Waals surface area contributed by atoms with Gasteiger partial charge in [0, 0.05) is 11.8 Å². The topological polar surface area (TPSA) is 73.6 Å². The smallest absolute Gasteiger partial charge is 0.137 e. The van der Waals surface area contributed by atoms with Crippen LogP contribution in [0.15, 0.2) is 53.9 Å². The second-order valence-corrected chi connectivity index (χ2v) is 5.91. The molecule has 0 bridgehead atoms. The summed E-state index contributed by atoms with van der Waals surface area (Å²) >= 11 is 0. The third-order valence-corrected chi connectivity index (χ3v) is 4.26. The molecule has 1 N–H and O–H groups in total. The second-order valence-electron chi connectivity index (χ2n) is 5.91. The van der Waals surface area contributed by atoms with Crippen molar-refractivity contribution in [3.8, 4) is 22.8 Å². The zero-order chi connectivity index (χ0) is 17.9. The Morgan fingerprint density at radius 3 is 2.65 bits per heavy atom. The SMILES string of the molecule is COc1ccc(CN=C2Cc3ncc(-c4cncc(OC)c4)n3N2)cc1. The van der Waals surface area contributed by atoms with Gasteiger partial charge in [-0.1, -0.05) is 12.1 Å². The first-order valence-corrected chi connectivity index (χ1v) is 8.26. The van der Waals surface area contributed by atoms with Gasteiger partial charge >= 0.3 is 0 Å². The Labute approximate surface area is 151 Å². The maximum atomic E-state index is 5.25. The van der Waals surface area contributed by atoms with Gasteiger partial charge < -0.3 is 9.47 Å². The van der Waals surface area contributed by atoms with Gasteiger partial charge in [-0.25, -0.2) is 9.66 Å². The number of aromatic nitrogens is 3. The minimum absolute atomic E-state index is 0.604. The van der Waals surface area contributed by atoms with Crippen LogP contribution in [-0.4, -0.2) is 34.7 Å². The van der Waals surface area contributed by atoms with E-state index in [1.807, 2.05) is 41.2 Å². The molecule has 1 aromatic carbocycles. The summed E-state index contributed by atoms with van der Waals surface area (Å²) in [6.45, 7) is 0.604. The van der Waals surface area contributed by atoms with E-state index in [2.05, 4.69) is 20.4 Å². The summed E-state index contributed by atoms with van der Waals surface area (Å²) in [5.41, 5.74) is 6.32. The number of pyridine rings is 1. The Bertz CT molecular complexity index is 947. The van der Waals surface area contributed by atoms with E-state index in [4.69, 9.17) is 9.47 Å². The summed E-state index contributed by atoms with van der Waals surface area (Å²) in [5, 5.41) is 0. The molecule has 0 saturated heterocycles. The van der Waals surface area contributed by atoms with Crippen molar-refractivity contribution in [3.05, 3.63) is 60.3 Å². The van der Waals surface area contributed by atoms with Gasteiger partial charge in [-0.15, -0.1) is 0 Å². The molecule has 0 saturated carbocycles. The van der Waals surface area contributed by atoms with E-state index in [1.54, 1.807) is 26.6 Å². The molecule has 132 valence electrons. The lowest BCUT2D eigenvalue weighted by Crippen LogP contribution is -2.16. The average Bonchev–Trinajstić information content (AvgIpc) is 3.27. The van der Waals surface area contributed by atoms with Crippen LogP contribution in [0.25, 0.3) is 11.3 Å². The number of rotatable bonds is 5. The third-order valence-electron chi connectivity index (χ3n) is 4.26. The van der Waals surface area contributed by atoms with Crippen LogP contribution in [0, 0.1) is 0 Å². The van der Waals surface area contributed by atoms with Crippen LogP contribution in [0.1, 0.15) is 11.4 Å². The fraction of sp³-hybridized carbons (Fsp3) is 0.211. The van der Waals surface area contributed by atoms with Crippen molar-refractivity contribution in [2.75, 3.05) is 19.6 Å². The monoisotopic (exact) mass is 349 g/mol. The molecule has 0 radical (unpaired) electrons. The molecule has 4 rings (SSSR count). The summed E-state index contributed by atoms with van der Waals surface area (Å²) in [6, 6.07) is 9.85. The van der Waals surface area contributed by atoms with Crippen LogP contribution in [-0.2, 0) is 13.0 Å². The first-order chi connectivity index (χ1) is 12.8. The van der Waals surface area contributed by atoms with Crippen molar-refractivity contribution < 1.29 is 9.47 Å². The molecule has 3 heterocycles. The van der Waals surface area contributed by atoms with E-state index in [0.717, 1.165) is 34.2 Å². The van der Waals surface area contributed by atoms with Crippen LogP contribution in [0.3, 0.4) is 0 Å². The van der Waals surface area contributed by atoms with E-state index in [-0.39, 0.29) is 0 Å². The van der Waals surface area contributed by atoms with Crippen LogP contribution in [0.5, 0.6) is 11.5 Å². The highest BCUT2D eigenvalue weighted by atomic mass is 16.5. The summed E-state index contributed by atoms with van der Waals surface area (Å²) in [4.78, 5) is 13.4. The number of amidine groups is 1. The molecule has 0 aliphatic carbocycles. The lowest BCUT2D eigenvalue weighted by molar-refractivity contribution is 0.413. The highest BCUT2D eigenvalue weighted by Gasteiger charge is 2.21. The molecule has 2 aromatic heterocycles. The van der Waals surface area contributed by atoms with E-state index in [0.29, 0.717) is 18.7 Å². The largest absolute Gasteiger partial charge is 0.497 e. The molecule has 0 spiro atoms. The van der Waals surface area contributed by atoms with Gasteiger partial charge in [-0.2, -0.15) is 0 Å². The zero-order valence-corrected chi connectivity index (χ0v) is 14.6. The first kappa shape index (κ1) is 16.1. The van der Waals surface area contributed by atoms with Crippen molar-refractivity contribution in [2.45, 2.75) is 13.0 Å². The molecule has 0 amide bonds. The molecule has 7 nitrogen and oxygen atoms in total. The van der Waals surface area contributed by atoms with Crippen LogP contribution in [0.4, 0.5) is 0 Å². The van der Waals surface area contributed by atoms with Gasteiger partial charge in [0.05, 0.1) is 45.3 Å². The minimum atomic E-state index is 0.604. The Hall–Kier alpha value is -3.35. The van der Waals surface area contributed by atoms with E-state index in [1.165, 1.54) is 0 Å². The molecule has 3 aromatic rings. The fourth-order valence-corrected chi connectivity index (χ4v) is 2.84. The number of methoxy groups -OCH3 is 2. The highest BCUT2D eigenvalue weighted by molar-refractivity contribution is 5.94. The number of imidazole rings is 1. The van der Waals surface area contributed by atoms with Crippen molar-refractivity contribution in [1.29, 1.82) is 0 Å². The van der Waals surface area contributed by atoms with Crippen molar-refractivity contribution in [2.24, 2.45) is 4.99 Å². The number of fused-ring (bicyclic) bond motifs is 1. The quantitative estimate of drug-likeness (QED) is 0.767. The summed E-state index contributed by atoms with van der Waals surface area (Å²) in [7, 11) is 3.29. The average molecular weight is 349 g/mol. The fourth-order valence-electron chi connectivity index (χ4n) is 2.84. The summed E-state index contributed by atoms with van der Waals surface area (Å²) in [6.07, 6.45) is 5.98. The molecule has 7 heteroatoms. The van der Waals surface area contributed by atoms with Crippen molar-refractivity contribution in [1.82, 2.24) is 14.6 Å². The summed E-state index contributed by atoms with van der Waals surface area (Å²) in [5.74, 6) is 3.37. The molecule has 0 fully saturated rings. The standard InChI is InChI=1S/C19H19N5O2/c1-25-15-5-3-13(4-6-15)9-21-18-8-19-22-12-17(24(19)23-18)14-7-16(26-2)11-20-10-14/h3-7,10-12H,8-9H2,1-2H3,(H,21,23). The molecule has 26 heavy (non-hydrogen) atoms. The second kappa shape index (κ2) is 6.87. The van der Waals surface area contributed by atoms with Crippen molar-refractivity contribution in [3.63, 3.8) is 0 Å². The van der Waals surface area contributed by atoms with Crippen LogP contribution < -0.4 is 14.9 Å². The molecular formula is C19H19N5O2. The Kier molecular flexibility index (Phi) is 4.27. The Balaban J connectivity index is 1.51. The number of hydrogen-bond donors (Lipinski definition) is 1. The summed E-state index contributed by atoms with van der Waals surface area (Å²) < 4.78 is 12.4. The third kappa shape index (κ3) is 3.11. The lowest BCUT2D eigenvalue weighted by Gasteiger charge is -2.08. The maximum Gasteiger partial charge on any atom is 0.137 e. The molecule has 1 aliphatic heterocycles. The normalized spacial score (nSPS) is 14.2. The zero-order valence-electron chi connectivity index (χ0n) is 14.6. The Morgan fingerprint density at radius 1 is 1.08 bits per heavy atom. The number of hydrogen-bond acceptors (Lipinski definition) is 5. The van der Waals surface area contributed by atoms with E-state index >= 15 is 0 Å². The lowest BCUT2D eigenvalue weighted by atomic mass is 10.2. The number of ether oxygens (including phenoxy) is 2. The van der Waals surface area contributed by atoms with Crippen molar-refractivity contribution >= 4 is 5.84 Å². The predicted molar refractivity (Wildman–Crippen MR) is 99.2 cm³/mol. The van der Waals surface area contributed by atoms with Gasteiger partial charge in [-0.3, -0.25) is 15.4 Å². The number of benzene rings is 1. The van der Waals surface area contributed by atoms with Gasteiger partial charge in [0.15, 0.2) is 0 Å². The number of aliphatic imine (C=N–C) groups is 1. The van der Waals surface area contributed by atoms with E-state index < -0.39 is 0 Å². The maximum absolute atomic E-state index is 5.25. The first-order valence-electron chi connectivity index (χ1n) is 8.26. The van der Waals surface area contributed by atoms with E-state index in [9.17, 15) is 0 Å². The highest BCUT2D eigenvalue weighted by Crippen LogP contribution is 2.25. The van der Waals surface area contributed by atoms with Crippen LogP contribution >= 0.6 is 0 Å².